The van der Waals surface area contributed by atoms with Crippen molar-refractivity contribution in [1.82, 2.24) is 4.98 Å². The highest BCUT2D eigenvalue weighted by molar-refractivity contribution is 6.12. The lowest BCUT2D eigenvalue weighted by Crippen LogP contribution is -2.44. The van der Waals surface area contributed by atoms with E-state index in [0.717, 1.165) is 17.7 Å². The molecule has 2 unspecified atom stereocenters. The molecule has 0 aromatic carbocycles. The van der Waals surface area contributed by atoms with E-state index < -0.39 is 5.92 Å². The summed E-state index contributed by atoms with van der Waals surface area (Å²) < 4.78 is 5.65. The lowest BCUT2D eigenvalue weighted by atomic mass is 9.63. The number of ether oxygens (including phenoxy) is 1. The molecule has 0 bridgehead atoms. The van der Waals surface area contributed by atoms with Gasteiger partial charge < -0.3 is 10.5 Å². The van der Waals surface area contributed by atoms with Gasteiger partial charge in [-0.3, -0.25) is 19.6 Å². The van der Waals surface area contributed by atoms with Gasteiger partial charge in [0.1, 0.15) is 5.78 Å². The average Bonchev–Trinajstić information content (AvgIpc) is 2.66. The van der Waals surface area contributed by atoms with Gasteiger partial charge in [0.05, 0.1) is 24.8 Å². The van der Waals surface area contributed by atoms with Gasteiger partial charge in [-0.25, -0.2) is 0 Å². The largest absolute Gasteiger partial charge is 0.374 e. The summed E-state index contributed by atoms with van der Waals surface area (Å²) in [4.78, 5) is 35.2. The second-order valence-corrected chi connectivity index (χ2v) is 8.31. The fourth-order valence-electron chi connectivity index (χ4n) is 4.30. The molecule has 0 saturated heterocycles. The van der Waals surface area contributed by atoms with E-state index in [4.69, 9.17) is 15.5 Å². The number of Topliss-reactive ketones (excluding diaryl/α,β-unsaturated/α-hetero) is 2. The predicted molar refractivity (Wildman–Crippen MR) is 108 cm³/mol. The number of rotatable bonds is 7. The summed E-state index contributed by atoms with van der Waals surface area (Å²) in [6.45, 7) is 7.03. The number of nitrogens with two attached hydrogens (primary N) is 1. The Morgan fingerprint density at radius 2 is 2.11 bits per heavy atom. The van der Waals surface area contributed by atoms with Crippen molar-refractivity contribution in [2.24, 2.45) is 22.1 Å². The zero-order valence-electron chi connectivity index (χ0n) is 16.9. The number of nitrogens with zero attached hydrogens (tertiary/aromatic N) is 2. The Morgan fingerprint density at radius 1 is 1.32 bits per heavy atom. The second kappa shape index (κ2) is 8.45. The molecule has 28 heavy (non-hydrogen) atoms. The summed E-state index contributed by atoms with van der Waals surface area (Å²) in [6, 6.07) is 3.78. The van der Waals surface area contributed by atoms with Crippen molar-refractivity contribution in [3.63, 3.8) is 0 Å². The Balaban J connectivity index is 2.15. The Kier molecular flexibility index (Phi) is 6.20. The van der Waals surface area contributed by atoms with Gasteiger partial charge in [-0.2, -0.15) is 0 Å². The van der Waals surface area contributed by atoms with Crippen LogP contribution in [0.5, 0.6) is 0 Å². The van der Waals surface area contributed by atoms with E-state index in [0.29, 0.717) is 37.3 Å². The zero-order valence-corrected chi connectivity index (χ0v) is 16.9. The molecule has 2 atom stereocenters. The average molecular weight is 383 g/mol. The van der Waals surface area contributed by atoms with Crippen LogP contribution in [0.4, 0.5) is 0 Å². The number of carbonyl (C=O) groups excluding carboxylic acids is 2. The first-order valence-electron chi connectivity index (χ1n) is 9.92. The van der Waals surface area contributed by atoms with Crippen LogP contribution in [0.2, 0.25) is 0 Å². The summed E-state index contributed by atoms with van der Waals surface area (Å²) in [5.74, 6) is -0.609. The van der Waals surface area contributed by atoms with E-state index in [1.54, 1.807) is 12.4 Å². The first kappa shape index (κ1) is 20.6. The molecule has 1 fully saturated rings. The summed E-state index contributed by atoms with van der Waals surface area (Å²) >= 11 is 0. The summed E-state index contributed by atoms with van der Waals surface area (Å²) in [6.07, 6.45) is 5.02. The maximum atomic E-state index is 13.2. The lowest BCUT2D eigenvalue weighted by molar-refractivity contribution is -0.124. The van der Waals surface area contributed by atoms with Crippen molar-refractivity contribution in [2.75, 3.05) is 19.8 Å². The van der Waals surface area contributed by atoms with Crippen LogP contribution in [-0.2, 0) is 14.3 Å². The number of aliphatic imine (C=N–C) groups is 1. The predicted octanol–water partition coefficient (Wildman–Crippen LogP) is 2.83. The van der Waals surface area contributed by atoms with Crippen LogP contribution in [0.1, 0.15) is 51.5 Å². The molecule has 1 aliphatic heterocycles. The molecule has 1 aromatic rings. The highest BCUT2D eigenvalue weighted by Gasteiger charge is 2.47. The zero-order chi connectivity index (χ0) is 20.3. The second-order valence-electron chi connectivity index (χ2n) is 8.31. The Labute approximate surface area is 166 Å². The monoisotopic (exact) mass is 383 g/mol. The SMILES string of the molecule is CCC(=O)C1=C(COCCN)N=C2CC(C)(C)CC(=O)C2C1c1cccnc1. The van der Waals surface area contributed by atoms with Gasteiger partial charge in [0.2, 0.25) is 0 Å². The smallest absolute Gasteiger partial charge is 0.161 e. The van der Waals surface area contributed by atoms with Crippen LogP contribution in [0.15, 0.2) is 40.8 Å². The molecule has 2 aliphatic rings. The minimum Gasteiger partial charge on any atom is -0.374 e. The number of allylic oxidation sites excluding steroid dienone is 1. The topological polar surface area (TPSA) is 94.6 Å². The molecule has 6 heteroatoms. The number of carbonyl (C=O) groups is 2. The fourth-order valence-corrected chi connectivity index (χ4v) is 4.30. The van der Waals surface area contributed by atoms with Crippen LogP contribution in [0, 0.1) is 11.3 Å². The molecule has 6 nitrogen and oxygen atoms in total. The molecular formula is C22H29N3O3. The van der Waals surface area contributed by atoms with Gasteiger partial charge in [-0.1, -0.05) is 26.8 Å². The summed E-state index contributed by atoms with van der Waals surface area (Å²) in [7, 11) is 0. The molecule has 150 valence electrons. The molecular weight excluding hydrogens is 354 g/mol. The first-order chi connectivity index (χ1) is 13.4. The number of pyridine rings is 1. The molecule has 2 N–H and O–H groups in total. The van der Waals surface area contributed by atoms with E-state index in [1.807, 2.05) is 19.1 Å². The standard InChI is InChI=1S/C22H29N3O3/c1-4-17(26)21-16(13-28-9-7-23)25-15-10-22(2,3)11-18(27)20(15)19(21)14-6-5-8-24-12-14/h5-6,8,12,19-20H,4,7,9-11,13,23H2,1-3H3. The van der Waals surface area contributed by atoms with Gasteiger partial charge in [-0.05, 0) is 23.5 Å². The maximum Gasteiger partial charge on any atom is 0.161 e. The number of hydrogen-bond donors (Lipinski definition) is 1. The van der Waals surface area contributed by atoms with Crippen molar-refractivity contribution < 1.29 is 14.3 Å². The molecule has 1 saturated carbocycles. The van der Waals surface area contributed by atoms with E-state index in [2.05, 4.69) is 18.8 Å². The third-order valence-corrected chi connectivity index (χ3v) is 5.42. The molecule has 0 radical (unpaired) electrons. The maximum absolute atomic E-state index is 13.2. The minimum atomic E-state index is -0.402. The van der Waals surface area contributed by atoms with Gasteiger partial charge in [0, 0.05) is 49.0 Å². The summed E-state index contributed by atoms with van der Waals surface area (Å²) in [5.41, 5.74) is 8.36. The Bertz CT molecular complexity index is 812. The van der Waals surface area contributed by atoms with E-state index >= 15 is 0 Å². The van der Waals surface area contributed by atoms with Crippen molar-refractivity contribution >= 4 is 17.3 Å². The number of fused-ring (bicyclic) bond motifs is 1. The van der Waals surface area contributed by atoms with Gasteiger partial charge in [0.15, 0.2) is 5.78 Å². The van der Waals surface area contributed by atoms with Crippen molar-refractivity contribution in [3.05, 3.63) is 41.4 Å². The Morgan fingerprint density at radius 3 is 2.75 bits per heavy atom. The minimum absolute atomic E-state index is 0.000588. The highest BCUT2D eigenvalue weighted by atomic mass is 16.5. The van der Waals surface area contributed by atoms with Crippen molar-refractivity contribution in [3.8, 4) is 0 Å². The van der Waals surface area contributed by atoms with Crippen LogP contribution in [0.3, 0.4) is 0 Å². The lowest BCUT2D eigenvalue weighted by Gasteiger charge is -2.41. The van der Waals surface area contributed by atoms with Crippen LogP contribution in [-0.4, -0.2) is 42.0 Å². The molecule has 0 spiro atoms. The number of ketones is 2. The summed E-state index contributed by atoms with van der Waals surface area (Å²) in [5, 5.41) is 0. The van der Waals surface area contributed by atoms with Crippen molar-refractivity contribution in [1.29, 1.82) is 0 Å². The Hall–Kier alpha value is -2.18. The number of hydrogen-bond acceptors (Lipinski definition) is 6. The van der Waals surface area contributed by atoms with Crippen molar-refractivity contribution in [2.45, 2.75) is 46.0 Å². The fraction of sp³-hybridized carbons (Fsp3) is 0.545. The molecule has 1 aromatic heterocycles. The third kappa shape index (κ3) is 4.13. The number of aromatic nitrogens is 1. The van der Waals surface area contributed by atoms with E-state index in [-0.39, 0.29) is 29.5 Å². The molecule has 1 aliphatic carbocycles. The van der Waals surface area contributed by atoms with Gasteiger partial charge in [-0.15, -0.1) is 0 Å². The van der Waals surface area contributed by atoms with Gasteiger partial charge in [0.25, 0.3) is 0 Å². The molecule has 3 rings (SSSR count). The normalized spacial score (nSPS) is 24.0. The van der Waals surface area contributed by atoms with E-state index in [9.17, 15) is 9.59 Å². The molecule has 2 heterocycles. The van der Waals surface area contributed by atoms with E-state index in [1.165, 1.54) is 0 Å². The van der Waals surface area contributed by atoms with Crippen LogP contribution >= 0.6 is 0 Å². The highest BCUT2D eigenvalue weighted by Crippen LogP contribution is 2.47. The quantitative estimate of drug-likeness (QED) is 0.731. The molecule has 0 amide bonds. The third-order valence-electron chi connectivity index (χ3n) is 5.42. The van der Waals surface area contributed by atoms with Crippen LogP contribution < -0.4 is 5.73 Å². The van der Waals surface area contributed by atoms with Crippen LogP contribution in [0.25, 0.3) is 0 Å². The first-order valence-corrected chi connectivity index (χ1v) is 9.92. The van der Waals surface area contributed by atoms with Gasteiger partial charge >= 0.3 is 0 Å².